The maximum atomic E-state index is 5.68. The van der Waals surface area contributed by atoms with Gasteiger partial charge in [-0.25, -0.2) is 4.98 Å². The molecule has 0 atom stereocenters. The van der Waals surface area contributed by atoms with Crippen LogP contribution < -0.4 is 10.6 Å². The van der Waals surface area contributed by atoms with Crippen molar-refractivity contribution in [2.75, 3.05) is 33.2 Å². The van der Waals surface area contributed by atoms with Gasteiger partial charge < -0.3 is 15.1 Å². The molecule has 1 aromatic heterocycles. The molecule has 6 nitrogen and oxygen atoms in total. The smallest absolute Gasteiger partial charge is 0.208 e. The minimum Gasteiger partial charge on any atom is -0.444 e. The maximum Gasteiger partial charge on any atom is 0.208 e. The fourth-order valence-electron chi connectivity index (χ4n) is 2.78. The average Bonchev–Trinajstić information content (AvgIpc) is 2.87. The lowest BCUT2D eigenvalue weighted by Crippen LogP contribution is -2.42. The summed E-state index contributed by atoms with van der Waals surface area (Å²) >= 11 is 0. The fourth-order valence-corrected chi connectivity index (χ4v) is 2.78. The van der Waals surface area contributed by atoms with Crippen LogP contribution in [-0.2, 0) is 6.54 Å². The van der Waals surface area contributed by atoms with E-state index in [1.54, 1.807) is 7.05 Å². The van der Waals surface area contributed by atoms with E-state index in [1.165, 1.54) is 12.8 Å². The molecule has 1 saturated heterocycles. The van der Waals surface area contributed by atoms with Crippen LogP contribution in [0.15, 0.2) is 22.1 Å². The zero-order valence-electron chi connectivity index (χ0n) is 14.6. The minimum absolute atomic E-state index is 0.682. The molecular formula is C17H29N5O. The van der Waals surface area contributed by atoms with Gasteiger partial charge in [-0.3, -0.25) is 9.89 Å². The highest BCUT2D eigenvalue weighted by Gasteiger charge is 2.21. The zero-order chi connectivity index (χ0) is 16.7. The number of nitrogens with zero attached hydrogens (tertiary/aromatic N) is 3. The first kappa shape index (κ1) is 17.5. The molecule has 2 rings (SSSR count). The molecule has 1 aromatic rings. The lowest BCUT2D eigenvalue weighted by Gasteiger charge is -2.31. The predicted octanol–water partition coefficient (Wildman–Crippen LogP) is 1.85. The van der Waals surface area contributed by atoms with E-state index in [0.29, 0.717) is 5.92 Å². The third-order valence-electron chi connectivity index (χ3n) is 4.33. The molecule has 23 heavy (non-hydrogen) atoms. The number of oxazole rings is 1. The van der Waals surface area contributed by atoms with Crippen LogP contribution >= 0.6 is 0 Å². The number of likely N-dealkylation sites (tertiary alicyclic amines) is 1. The Hall–Kier alpha value is -1.82. The molecule has 0 unspecified atom stereocenters. The van der Waals surface area contributed by atoms with Crippen molar-refractivity contribution in [2.45, 2.75) is 33.2 Å². The predicted molar refractivity (Wildman–Crippen MR) is 93.5 cm³/mol. The molecule has 1 aliphatic rings. The number of rotatable bonds is 6. The van der Waals surface area contributed by atoms with Gasteiger partial charge in [0.1, 0.15) is 5.76 Å². The quantitative estimate of drug-likeness (QED) is 0.476. The van der Waals surface area contributed by atoms with E-state index < -0.39 is 0 Å². The molecule has 1 aliphatic heterocycles. The Morgan fingerprint density at radius 3 is 2.70 bits per heavy atom. The Bertz CT molecular complexity index is 510. The molecule has 0 spiro atoms. The molecule has 6 heteroatoms. The molecule has 0 aromatic carbocycles. The van der Waals surface area contributed by atoms with Crippen LogP contribution in [0, 0.1) is 19.8 Å². The Kier molecular flexibility index (Phi) is 6.65. The van der Waals surface area contributed by atoms with Crippen molar-refractivity contribution in [1.82, 2.24) is 20.5 Å². The van der Waals surface area contributed by atoms with E-state index in [1.807, 2.05) is 19.9 Å². The normalized spacial score (nSPS) is 17.3. The fraction of sp³-hybridized carbons (Fsp3) is 0.647. The Balaban J connectivity index is 1.70. The highest BCUT2D eigenvalue weighted by molar-refractivity contribution is 5.79. The summed E-state index contributed by atoms with van der Waals surface area (Å²) in [6.45, 7) is 12.3. The van der Waals surface area contributed by atoms with Gasteiger partial charge in [-0.05, 0) is 45.7 Å². The summed E-state index contributed by atoms with van der Waals surface area (Å²) in [4.78, 5) is 11.1. The molecule has 0 saturated carbocycles. The van der Waals surface area contributed by atoms with E-state index in [2.05, 4.69) is 32.1 Å². The molecule has 0 aliphatic carbocycles. The third kappa shape index (κ3) is 5.39. The minimum atomic E-state index is 0.682. The first-order valence-electron chi connectivity index (χ1n) is 8.33. The van der Waals surface area contributed by atoms with Gasteiger partial charge in [-0.1, -0.05) is 6.08 Å². The zero-order valence-corrected chi connectivity index (χ0v) is 14.6. The summed E-state index contributed by atoms with van der Waals surface area (Å²) in [5, 5.41) is 6.59. The Labute approximate surface area is 139 Å². The monoisotopic (exact) mass is 319 g/mol. The lowest BCUT2D eigenvalue weighted by atomic mass is 9.97. The summed E-state index contributed by atoms with van der Waals surface area (Å²) in [6, 6.07) is 0. The highest BCUT2D eigenvalue weighted by Crippen LogP contribution is 2.19. The summed E-state index contributed by atoms with van der Waals surface area (Å²) in [7, 11) is 1.79. The van der Waals surface area contributed by atoms with Crippen molar-refractivity contribution in [3.05, 3.63) is 30.0 Å². The van der Waals surface area contributed by atoms with Gasteiger partial charge in [0, 0.05) is 20.1 Å². The van der Waals surface area contributed by atoms with Crippen LogP contribution in [0.2, 0.25) is 0 Å². The van der Waals surface area contributed by atoms with Crippen molar-refractivity contribution < 1.29 is 4.42 Å². The van der Waals surface area contributed by atoms with Gasteiger partial charge in [0.25, 0.3) is 0 Å². The van der Waals surface area contributed by atoms with E-state index >= 15 is 0 Å². The van der Waals surface area contributed by atoms with Gasteiger partial charge in [-0.15, -0.1) is 6.58 Å². The number of aliphatic imine (C=N–C) groups is 1. The number of hydrogen-bond donors (Lipinski definition) is 2. The second-order valence-corrected chi connectivity index (χ2v) is 6.09. The second-order valence-electron chi connectivity index (χ2n) is 6.09. The molecular weight excluding hydrogens is 290 g/mol. The van der Waals surface area contributed by atoms with Crippen LogP contribution in [0.3, 0.4) is 0 Å². The SMILES string of the molecule is C=CCNC(=NC)NCC1CCN(Cc2nc(C)c(C)o2)CC1. The number of aromatic nitrogens is 1. The molecule has 128 valence electrons. The van der Waals surface area contributed by atoms with Crippen LogP contribution in [0.4, 0.5) is 0 Å². The van der Waals surface area contributed by atoms with Crippen molar-refractivity contribution in [2.24, 2.45) is 10.9 Å². The van der Waals surface area contributed by atoms with Crippen molar-refractivity contribution in [3.8, 4) is 0 Å². The largest absolute Gasteiger partial charge is 0.444 e. The van der Waals surface area contributed by atoms with Gasteiger partial charge in [0.15, 0.2) is 5.96 Å². The van der Waals surface area contributed by atoms with E-state index in [9.17, 15) is 0 Å². The van der Waals surface area contributed by atoms with Crippen molar-refractivity contribution in [1.29, 1.82) is 0 Å². The molecule has 2 heterocycles. The Morgan fingerprint density at radius 2 is 2.13 bits per heavy atom. The van der Waals surface area contributed by atoms with E-state index in [0.717, 1.165) is 56.0 Å². The Morgan fingerprint density at radius 1 is 1.39 bits per heavy atom. The number of aryl methyl sites for hydroxylation is 2. The number of nitrogens with one attached hydrogen (secondary N) is 2. The summed E-state index contributed by atoms with van der Waals surface area (Å²) in [5.74, 6) is 3.29. The summed E-state index contributed by atoms with van der Waals surface area (Å²) in [5.41, 5.74) is 0.998. The number of hydrogen-bond acceptors (Lipinski definition) is 4. The van der Waals surface area contributed by atoms with Crippen LogP contribution in [0.25, 0.3) is 0 Å². The average molecular weight is 319 g/mol. The standard InChI is InChI=1S/C17H29N5O/c1-5-8-19-17(18-4)20-11-15-6-9-22(10-7-15)12-16-21-13(2)14(3)23-16/h5,15H,1,6-12H2,2-4H3,(H2,18,19,20). The summed E-state index contributed by atoms with van der Waals surface area (Å²) in [6.07, 6.45) is 4.20. The van der Waals surface area contributed by atoms with Crippen LogP contribution in [0.1, 0.15) is 30.2 Å². The van der Waals surface area contributed by atoms with Gasteiger partial charge in [0.05, 0.1) is 12.2 Å². The number of guanidine groups is 1. The molecule has 0 bridgehead atoms. The van der Waals surface area contributed by atoms with Crippen molar-refractivity contribution >= 4 is 5.96 Å². The van der Waals surface area contributed by atoms with E-state index in [-0.39, 0.29) is 0 Å². The third-order valence-corrected chi connectivity index (χ3v) is 4.33. The van der Waals surface area contributed by atoms with E-state index in [4.69, 9.17) is 4.42 Å². The maximum absolute atomic E-state index is 5.68. The number of piperidine rings is 1. The molecule has 0 amide bonds. The highest BCUT2D eigenvalue weighted by atomic mass is 16.4. The van der Waals surface area contributed by atoms with Crippen molar-refractivity contribution in [3.63, 3.8) is 0 Å². The van der Waals surface area contributed by atoms with Crippen LogP contribution in [-0.4, -0.2) is 49.1 Å². The first-order chi connectivity index (χ1) is 11.1. The topological polar surface area (TPSA) is 65.7 Å². The van der Waals surface area contributed by atoms with Crippen LogP contribution in [0.5, 0.6) is 0 Å². The van der Waals surface area contributed by atoms with Gasteiger partial charge in [0.2, 0.25) is 5.89 Å². The first-order valence-corrected chi connectivity index (χ1v) is 8.33. The molecule has 2 N–H and O–H groups in total. The molecule has 0 radical (unpaired) electrons. The van der Waals surface area contributed by atoms with Gasteiger partial charge >= 0.3 is 0 Å². The summed E-state index contributed by atoms with van der Waals surface area (Å²) < 4.78 is 5.68. The molecule has 1 fully saturated rings. The van der Waals surface area contributed by atoms with Gasteiger partial charge in [-0.2, -0.15) is 0 Å². The second kappa shape index (κ2) is 8.72. The lowest BCUT2D eigenvalue weighted by molar-refractivity contribution is 0.164.